The number of hydrogen-bond donors (Lipinski definition) is 0. The molecule has 0 spiro atoms. The van der Waals surface area contributed by atoms with Crippen LogP contribution in [0.3, 0.4) is 0 Å². The predicted molar refractivity (Wildman–Crippen MR) is 106 cm³/mol. The smallest absolute Gasteiger partial charge is 0.167 e. The summed E-state index contributed by atoms with van der Waals surface area (Å²) in [5.74, 6) is 0.891. The third-order valence-electron chi connectivity index (χ3n) is 4.19. The van der Waals surface area contributed by atoms with Gasteiger partial charge in [0.2, 0.25) is 0 Å². The average Bonchev–Trinajstić information content (AvgIpc) is 2.74. The maximum Gasteiger partial charge on any atom is 0.167 e. The van der Waals surface area contributed by atoms with Crippen LogP contribution in [0, 0.1) is 5.82 Å². The maximum atomic E-state index is 14.6. The number of aromatic nitrogens is 3. The molecule has 1 aromatic heterocycles. The van der Waals surface area contributed by atoms with Crippen LogP contribution >= 0.6 is 0 Å². The van der Waals surface area contributed by atoms with E-state index in [9.17, 15) is 4.39 Å². The van der Waals surface area contributed by atoms with Gasteiger partial charge < -0.3 is 0 Å². The summed E-state index contributed by atoms with van der Waals surface area (Å²) in [6.07, 6.45) is 1.60. The number of nitrogens with zero attached hydrogens (tertiary/aromatic N) is 3. The van der Waals surface area contributed by atoms with E-state index in [1.54, 1.807) is 18.2 Å². The number of benzene rings is 3. The van der Waals surface area contributed by atoms with E-state index in [2.05, 4.69) is 21.5 Å². The molecular weight excluding hydrogens is 337 g/mol. The van der Waals surface area contributed by atoms with Gasteiger partial charge in [-0.25, -0.2) is 19.3 Å². The second-order valence-corrected chi connectivity index (χ2v) is 5.95. The molecule has 130 valence electrons. The van der Waals surface area contributed by atoms with E-state index in [1.165, 1.54) is 6.07 Å². The number of hydrogen-bond acceptors (Lipinski definition) is 3. The summed E-state index contributed by atoms with van der Waals surface area (Å²) in [5.41, 5.74) is 2.65. The van der Waals surface area contributed by atoms with Gasteiger partial charge in [-0.15, -0.1) is 0 Å². The Morgan fingerprint density at radius 3 is 1.67 bits per heavy atom. The summed E-state index contributed by atoms with van der Waals surface area (Å²) in [5, 5.41) is 0. The molecule has 0 fully saturated rings. The Balaban J connectivity index is 1.99. The van der Waals surface area contributed by atoms with E-state index in [0.29, 0.717) is 22.8 Å². The highest BCUT2D eigenvalue weighted by atomic mass is 19.1. The highest BCUT2D eigenvalue weighted by Gasteiger charge is 2.16. The molecule has 4 aromatic rings. The molecule has 4 rings (SSSR count). The minimum Gasteiger partial charge on any atom is -0.208 e. The van der Waals surface area contributed by atoms with Crippen molar-refractivity contribution in [1.82, 2.24) is 15.0 Å². The number of halogens is 1. The van der Waals surface area contributed by atoms with E-state index in [4.69, 9.17) is 0 Å². The van der Waals surface area contributed by atoms with Crippen molar-refractivity contribution < 1.29 is 4.39 Å². The molecule has 27 heavy (non-hydrogen) atoms. The molecule has 0 aliphatic rings. The maximum absolute atomic E-state index is 14.6. The Hall–Kier alpha value is -3.66. The molecule has 0 unspecified atom stereocenters. The largest absolute Gasteiger partial charge is 0.208 e. The molecule has 0 saturated heterocycles. The van der Waals surface area contributed by atoms with Gasteiger partial charge in [0.1, 0.15) is 5.82 Å². The second kappa shape index (κ2) is 7.30. The Morgan fingerprint density at radius 1 is 0.630 bits per heavy atom. The second-order valence-electron chi connectivity index (χ2n) is 5.95. The van der Waals surface area contributed by atoms with Crippen LogP contribution in [0.5, 0.6) is 0 Å². The molecule has 0 aliphatic heterocycles. The van der Waals surface area contributed by atoms with E-state index in [-0.39, 0.29) is 5.82 Å². The monoisotopic (exact) mass is 353 g/mol. The minimum absolute atomic E-state index is 0.288. The molecule has 0 bridgehead atoms. The lowest BCUT2D eigenvalue weighted by Crippen LogP contribution is -2.02. The van der Waals surface area contributed by atoms with Gasteiger partial charge in [-0.1, -0.05) is 85.5 Å². The van der Waals surface area contributed by atoms with Gasteiger partial charge in [0, 0.05) is 11.1 Å². The van der Waals surface area contributed by atoms with Crippen molar-refractivity contribution in [2.45, 2.75) is 0 Å². The van der Waals surface area contributed by atoms with Crippen molar-refractivity contribution in [2.24, 2.45) is 0 Å². The predicted octanol–water partition coefficient (Wildman–Crippen LogP) is 5.65. The lowest BCUT2D eigenvalue weighted by molar-refractivity contribution is 0.629. The molecule has 3 aromatic carbocycles. The Morgan fingerprint density at radius 2 is 1.15 bits per heavy atom. The van der Waals surface area contributed by atoms with Crippen LogP contribution in [0.4, 0.5) is 4.39 Å². The summed E-state index contributed by atoms with van der Waals surface area (Å²) in [6.45, 7) is 3.78. The van der Waals surface area contributed by atoms with Crippen LogP contribution < -0.4 is 0 Å². The first-order chi connectivity index (χ1) is 13.3. The summed E-state index contributed by atoms with van der Waals surface area (Å²) in [7, 11) is 0. The van der Waals surface area contributed by atoms with Gasteiger partial charge in [-0.3, -0.25) is 0 Å². The minimum atomic E-state index is -0.392. The first-order valence-electron chi connectivity index (χ1n) is 8.54. The van der Waals surface area contributed by atoms with Crippen molar-refractivity contribution in [2.75, 3.05) is 0 Å². The third kappa shape index (κ3) is 3.37. The SMILES string of the molecule is C=Cc1cccc(F)c1-c1nc(-c2ccccc2)nc(-c2ccccc2)n1. The molecule has 0 amide bonds. The fourth-order valence-electron chi connectivity index (χ4n) is 2.87. The Bertz CT molecular complexity index is 1040. The third-order valence-corrected chi connectivity index (χ3v) is 4.19. The van der Waals surface area contributed by atoms with Crippen molar-refractivity contribution in [3.05, 3.63) is 96.8 Å². The molecule has 0 atom stereocenters. The van der Waals surface area contributed by atoms with Gasteiger partial charge in [0.15, 0.2) is 17.5 Å². The van der Waals surface area contributed by atoms with E-state index in [0.717, 1.165) is 11.1 Å². The highest BCUT2D eigenvalue weighted by molar-refractivity contribution is 5.73. The fraction of sp³-hybridized carbons (Fsp3) is 0. The van der Waals surface area contributed by atoms with Crippen LogP contribution in [0.1, 0.15) is 5.56 Å². The van der Waals surface area contributed by atoms with Crippen LogP contribution in [0.15, 0.2) is 85.4 Å². The lowest BCUT2D eigenvalue weighted by Gasteiger charge is -2.10. The van der Waals surface area contributed by atoms with Crippen LogP contribution in [0.2, 0.25) is 0 Å². The van der Waals surface area contributed by atoms with Gasteiger partial charge in [-0.2, -0.15) is 0 Å². The molecule has 1 heterocycles. The molecule has 3 nitrogen and oxygen atoms in total. The molecule has 4 heteroatoms. The van der Waals surface area contributed by atoms with E-state index < -0.39 is 5.82 Å². The summed E-state index contributed by atoms with van der Waals surface area (Å²) < 4.78 is 14.6. The number of rotatable bonds is 4. The van der Waals surface area contributed by atoms with E-state index in [1.807, 2.05) is 60.7 Å². The van der Waals surface area contributed by atoms with Crippen molar-refractivity contribution in [3.63, 3.8) is 0 Å². The Labute approximate surface area is 156 Å². The summed E-state index contributed by atoms with van der Waals surface area (Å²) >= 11 is 0. The van der Waals surface area contributed by atoms with Gasteiger partial charge in [-0.05, 0) is 11.6 Å². The van der Waals surface area contributed by atoms with Gasteiger partial charge >= 0.3 is 0 Å². The Kier molecular flexibility index (Phi) is 4.54. The lowest BCUT2D eigenvalue weighted by atomic mass is 10.1. The first kappa shape index (κ1) is 16.8. The molecule has 0 N–H and O–H groups in total. The fourth-order valence-corrected chi connectivity index (χ4v) is 2.87. The highest BCUT2D eigenvalue weighted by Crippen LogP contribution is 2.28. The normalized spacial score (nSPS) is 10.6. The van der Waals surface area contributed by atoms with Crippen LogP contribution in [-0.2, 0) is 0 Å². The first-order valence-corrected chi connectivity index (χ1v) is 8.54. The molecule has 0 saturated carbocycles. The zero-order valence-electron chi connectivity index (χ0n) is 14.5. The van der Waals surface area contributed by atoms with Crippen molar-refractivity contribution in [1.29, 1.82) is 0 Å². The molecule has 0 radical (unpaired) electrons. The van der Waals surface area contributed by atoms with E-state index >= 15 is 0 Å². The summed E-state index contributed by atoms with van der Waals surface area (Å²) in [6, 6.07) is 24.0. The topological polar surface area (TPSA) is 38.7 Å². The standard InChI is InChI=1S/C23H16FN3/c1-2-16-14-9-15-19(24)20(16)23-26-21(17-10-5-3-6-11-17)25-22(27-23)18-12-7-4-8-13-18/h2-15H,1H2. The van der Waals surface area contributed by atoms with Gasteiger partial charge in [0.05, 0.1) is 5.56 Å². The van der Waals surface area contributed by atoms with Crippen molar-refractivity contribution >= 4 is 6.08 Å². The molecular formula is C23H16FN3. The molecule has 0 aliphatic carbocycles. The van der Waals surface area contributed by atoms with Crippen molar-refractivity contribution in [3.8, 4) is 34.2 Å². The van der Waals surface area contributed by atoms with Crippen LogP contribution in [-0.4, -0.2) is 15.0 Å². The average molecular weight is 353 g/mol. The summed E-state index contributed by atoms with van der Waals surface area (Å²) in [4.78, 5) is 13.7. The zero-order valence-corrected chi connectivity index (χ0v) is 14.5. The van der Waals surface area contributed by atoms with Crippen LogP contribution in [0.25, 0.3) is 40.2 Å². The zero-order chi connectivity index (χ0) is 18.6. The van der Waals surface area contributed by atoms with Gasteiger partial charge in [0.25, 0.3) is 0 Å². The quantitative estimate of drug-likeness (QED) is 0.475.